The molecule has 5 heteroatoms. The summed E-state index contributed by atoms with van der Waals surface area (Å²) in [5.74, 6) is -0.0149. The molecule has 0 saturated carbocycles. The zero-order chi connectivity index (χ0) is 14.2. The monoisotopic (exact) mass is 349 g/mol. The van der Waals surface area contributed by atoms with Crippen molar-refractivity contribution < 1.29 is 8.42 Å². The summed E-state index contributed by atoms with van der Waals surface area (Å²) in [6.07, 6.45) is 1.61. The first-order valence-corrected chi connectivity index (χ1v) is 8.51. The first-order valence-electron chi connectivity index (χ1n) is 6.11. The largest absolute Gasteiger partial charge is 0.244 e. The molecular formula is C15H12BrNO2S. The average Bonchev–Trinajstić information content (AvgIpc) is 2.78. The summed E-state index contributed by atoms with van der Waals surface area (Å²) in [4.78, 5) is 0. The summed E-state index contributed by atoms with van der Waals surface area (Å²) in [5, 5.41) is 0.893. The molecule has 1 aromatic heterocycles. The highest BCUT2D eigenvalue weighted by molar-refractivity contribution is 9.10. The Morgan fingerprint density at radius 2 is 1.60 bits per heavy atom. The summed E-state index contributed by atoms with van der Waals surface area (Å²) >= 11 is 3.41. The Hall–Kier alpha value is -1.59. The van der Waals surface area contributed by atoms with E-state index in [2.05, 4.69) is 15.9 Å². The van der Waals surface area contributed by atoms with E-state index in [0.29, 0.717) is 5.52 Å². The smallest absolute Gasteiger partial charge is 0.243 e. The maximum absolute atomic E-state index is 12.6. The molecule has 3 aromatic rings. The van der Waals surface area contributed by atoms with Crippen molar-refractivity contribution in [3.8, 4) is 0 Å². The highest BCUT2D eigenvalue weighted by Crippen LogP contribution is 2.28. The standard InChI is InChI=1S/C15H12BrNO2S/c16-14-10-17(15-9-5-4-8-13(14)15)20(18,19)11-12-6-2-1-3-7-12/h1-10H,11H2. The first-order chi connectivity index (χ1) is 9.58. The van der Waals surface area contributed by atoms with Crippen molar-refractivity contribution in [3.05, 3.63) is 70.8 Å². The molecule has 3 rings (SSSR count). The molecule has 0 saturated heterocycles. The summed E-state index contributed by atoms with van der Waals surface area (Å²) < 4.78 is 27.3. The lowest BCUT2D eigenvalue weighted by molar-refractivity contribution is 0.588. The van der Waals surface area contributed by atoms with Crippen LogP contribution in [0.15, 0.2) is 65.3 Å². The molecule has 102 valence electrons. The number of nitrogens with zero attached hydrogens (tertiary/aromatic N) is 1. The topological polar surface area (TPSA) is 39.1 Å². The molecule has 0 fully saturated rings. The van der Waals surface area contributed by atoms with Gasteiger partial charge < -0.3 is 0 Å². The fraction of sp³-hybridized carbons (Fsp3) is 0.0667. The summed E-state index contributed by atoms with van der Waals surface area (Å²) in [7, 11) is -3.43. The first kappa shape index (κ1) is 13.4. The van der Waals surface area contributed by atoms with E-state index in [-0.39, 0.29) is 5.75 Å². The minimum atomic E-state index is -3.43. The number of hydrogen-bond acceptors (Lipinski definition) is 2. The maximum Gasteiger partial charge on any atom is 0.243 e. The highest BCUT2D eigenvalue weighted by Gasteiger charge is 2.18. The van der Waals surface area contributed by atoms with Gasteiger partial charge in [0.25, 0.3) is 0 Å². The molecule has 0 unspecified atom stereocenters. The van der Waals surface area contributed by atoms with Crippen molar-refractivity contribution >= 4 is 36.9 Å². The van der Waals surface area contributed by atoms with Crippen molar-refractivity contribution in [2.75, 3.05) is 0 Å². The van der Waals surface area contributed by atoms with Crippen LogP contribution in [0.1, 0.15) is 5.56 Å². The van der Waals surface area contributed by atoms with E-state index in [1.165, 1.54) is 3.97 Å². The van der Waals surface area contributed by atoms with Crippen LogP contribution in [0.3, 0.4) is 0 Å². The number of para-hydroxylation sites is 1. The van der Waals surface area contributed by atoms with Gasteiger partial charge in [-0.2, -0.15) is 0 Å². The van der Waals surface area contributed by atoms with E-state index in [1.807, 2.05) is 54.6 Å². The molecular weight excluding hydrogens is 338 g/mol. The Kier molecular flexibility index (Phi) is 3.40. The van der Waals surface area contributed by atoms with Gasteiger partial charge in [0.1, 0.15) is 0 Å². The van der Waals surface area contributed by atoms with Gasteiger partial charge in [-0.25, -0.2) is 12.4 Å². The van der Waals surface area contributed by atoms with Crippen LogP contribution in [0.4, 0.5) is 0 Å². The quantitative estimate of drug-likeness (QED) is 0.721. The van der Waals surface area contributed by atoms with Gasteiger partial charge in [0.05, 0.1) is 11.3 Å². The molecule has 0 aliphatic heterocycles. The fourth-order valence-corrected chi connectivity index (χ4v) is 4.35. The van der Waals surface area contributed by atoms with Gasteiger partial charge >= 0.3 is 0 Å². The third kappa shape index (κ3) is 2.39. The van der Waals surface area contributed by atoms with Crippen molar-refractivity contribution in [3.63, 3.8) is 0 Å². The molecule has 0 aliphatic rings. The van der Waals surface area contributed by atoms with Crippen molar-refractivity contribution in [1.29, 1.82) is 0 Å². The average molecular weight is 350 g/mol. The normalized spacial score (nSPS) is 11.8. The third-order valence-electron chi connectivity index (χ3n) is 3.12. The number of rotatable bonds is 3. The Labute approximate surface area is 126 Å². The van der Waals surface area contributed by atoms with E-state index >= 15 is 0 Å². The molecule has 20 heavy (non-hydrogen) atoms. The van der Waals surface area contributed by atoms with Gasteiger partial charge in [-0.1, -0.05) is 48.5 Å². The van der Waals surface area contributed by atoms with Gasteiger partial charge in [0.2, 0.25) is 10.0 Å². The van der Waals surface area contributed by atoms with E-state index in [0.717, 1.165) is 15.4 Å². The molecule has 0 bridgehead atoms. The minimum absolute atomic E-state index is 0.0149. The molecule has 1 heterocycles. The van der Waals surface area contributed by atoms with Crippen LogP contribution in [-0.2, 0) is 15.8 Å². The lowest BCUT2D eigenvalue weighted by atomic mass is 10.2. The number of hydrogen-bond donors (Lipinski definition) is 0. The fourth-order valence-electron chi connectivity index (χ4n) is 2.19. The van der Waals surface area contributed by atoms with Gasteiger partial charge in [-0.15, -0.1) is 0 Å². The Balaban J connectivity index is 2.10. The van der Waals surface area contributed by atoms with Crippen molar-refractivity contribution in [1.82, 2.24) is 3.97 Å². The van der Waals surface area contributed by atoms with Gasteiger partial charge in [-0.3, -0.25) is 0 Å². The Bertz CT molecular complexity index is 854. The van der Waals surface area contributed by atoms with Crippen LogP contribution in [-0.4, -0.2) is 12.4 Å². The van der Waals surface area contributed by atoms with Crippen LogP contribution in [0.2, 0.25) is 0 Å². The minimum Gasteiger partial charge on any atom is -0.244 e. The highest BCUT2D eigenvalue weighted by atomic mass is 79.9. The third-order valence-corrected chi connectivity index (χ3v) is 5.35. The molecule has 3 nitrogen and oxygen atoms in total. The molecule has 0 spiro atoms. The van der Waals surface area contributed by atoms with Gasteiger partial charge in [-0.05, 0) is 27.6 Å². The summed E-state index contributed by atoms with van der Waals surface area (Å²) in [6.45, 7) is 0. The number of halogens is 1. The van der Waals surface area contributed by atoms with Crippen LogP contribution in [0.25, 0.3) is 10.9 Å². The number of fused-ring (bicyclic) bond motifs is 1. The molecule has 0 aliphatic carbocycles. The Morgan fingerprint density at radius 1 is 0.950 bits per heavy atom. The SMILES string of the molecule is O=S(=O)(Cc1ccccc1)n1cc(Br)c2ccccc21. The summed E-state index contributed by atoms with van der Waals surface area (Å²) in [6, 6.07) is 16.6. The van der Waals surface area contributed by atoms with Crippen LogP contribution in [0.5, 0.6) is 0 Å². The van der Waals surface area contributed by atoms with Gasteiger partial charge in [0, 0.05) is 16.1 Å². The zero-order valence-electron chi connectivity index (χ0n) is 10.5. The lowest BCUT2D eigenvalue weighted by Crippen LogP contribution is -2.13. The van der Waals surface area contributed by atoms with Crippen LogP contribution in [0, 0.1) is 0 Å². The predicted molar refractivity (Wildman–Crippen MR) is 84.1 cm³/mol. The molecule has 0 amide bonds. The van der Waals surface area contributed by atoms with E-state index in [1.54, 1.807) is 6.20 Å². The molecule has 0 N–H and O–H groups in total. The number of aromatic nitrogens is 1. The van der Waals surface area contributed by atoms with Crippen molar-refractivity contribution in [2.24, 2.45) is 0 Å². The van der Waals surface area contributed by atoms with E-state index in [4.69, 9.17) is 0 Å². The van der Waals surface area contributed by atoms with Crippen LogP contribution >= 0.6 is 15.9 Å². The van der Waals surface area contributed by atoms with E-state index in [9.17, 15) is 8.42 Å². The lowest BCUT2D eigenvalue weighted by Gasteiger charge is -2.07. The second kappa shape index (κ2) is 5.07. The number of benzene rings is 2. The van der Waals surface area contributed by atoms with Crippen LogP contribution < -0.4 is 0 Å². The van der Waals surface area contributed by atoms with Crippen molar-refractivity contribution in [2.45, 2.75) is 5.75 Å². The predicted octanol–water partition coefficient (Wildman–Crippen LogP) is 3.78. The maximum atomic E-state index is 12.6. The zero-order valence-corrected chi connectivity index (χ0v) is 12.9. The molecule has 0 radical (unpaired) electrons. The molecule has 2 aromatic carbocycles. The summed E-state index contributed by atoms with van der Waals surface area (Å²) in [5.41, 5.74) is 1.47. The second-order valence-electron chi connectivity index (χ2n) is 4.53. The second-order valence-corrected chi connectivity index (χ2v) is 7.23. The Morgan fingerprint density at radius 3 is 2.35 bits per heavy atom. The van der Waals surface area contributed by atoms with Gasteiger partial charge in [0.15, 0.2) is 0 Å². The van der Waals surface area contributed by atoms with E-state index < -0.39 is 10.0 Å². The molecule has 0 atom stereocenters.